The molecule has 1 fully saturated rings. The summed E-state index contributed by atoms with van der Waals surface area (Å²) >= 11 is 0. The predicted molar refractivity (Wildman–Crippen MR) is 152 cm³/mol. The standard InChI is InChI=1S/C23H19FN2O2.C9H10N2O/c1-13-4-5-14(2)17(10-13)19-11-18-20(12-26-19)28-22(21(18)23(27)25-3)15-6-8-16(24)9-7-15;12-7-11-9(4-5-9)8-3-1-2-6-10-8/h4-12H,1-3H3,(H,25,27);1-3,6-7H,4-5H2,(H,11,12). The maximum atomic E-state index is 13.3. The average Bonchev–Trinajstić information content (AvgIpc) is 3.67. The summed E-state index contributed by atoms with van der Waals surface area (Å²) in [5.41, 5.74) is 6.39. The summed E-state index contributed by atoms with van der Waals surface area (Å²) in [6.07, 6.45) is 6.14. The minimum absolute atomic E-state index is 0.136. The second-order valence-corrected chi connectivity index (χ2v) is 9.84. The summed E-state index contributed by atoms with van der Waals surface area (Å²) in [5.74, 6) is -0.217. The Labute approximate surface area is 231 Å². The van der Waals surface area contributed by atoms with Crippen LogP contribution < -0.4 is 10.6 Å². The van der Waals surface area contributed by atoms with Crippen LogP contribution in [0.4, 0.5) is 4.39 Å². The van der Waals surface area contributed by atoms with Crippen molar-refractivity contribution in [2.75, 3.05) is 7.05 Å². The number of fused-ring (bicyclic) bond motifs is 1. The number of aryl methyl sites for hydroxylation is 2. The molecule has 1 aliphatic rings. The Hall–Kier alpha value is -4.85. The molecule has 5 aromatic rings. The molecule has 40 heavy (non-hydrogen) atoms. The number of pyridine rings is 2. The van der Waals surface area contributed by atoms with E-state index in [0.717, 1.165) is 47.3 Å². The lowest BCUT2D eigenvalue weighted by molar-refractivity contribution is -0.110. The molecule has 6 rings (SSSR count). The first-order valence-corrected chi connectivity index (χ1v) is 13.0. The number of aromatic nitrogens is 2. The molecule has 0 saturated heterocycles. The van der Waals surface area contributed by atoms with Crippen LogP contribution in [0.1, 0.15) is 40.0 Å². The molecule has 8 heteroatoms. The lowest BCUT2D eigenvalue weighted by Gasteiger charge is -2.12. The number of carbonyl (C=O) groups is 2. The molecule has 0 bridgehead atoms. The summed E-state index contributed by atoms with van der Waals surface area (Å²) < 4.78 is 19.3. The number of hydrogen-bond donors (Lipinski definition) is 2. The Morgan fingerprint density at radius 1 is 1.02 bits per heavy atom. The number of carbonyl (C=O) groups excluding carboxylic acids is 2. The summed E-state index contributed by atoms with van der Waals surface area (Å²) in [6, 6.07) is 19.7. The van der Waals surface area contributed by atoms with Crippen molar-refractivity contribution in [3.05, 3.63) is 107 Å². The SMILES string of the molecule is CNC(=O)c1c(-c2ccc(F)cc2)oc2cnc(-c3cc(C)ccc3C)cc12.O=CNC1(c2ccccn2)CC1. The lowest BCUT2D eigenvalue weighted by atomic mass is 10.00. The number of furan rings is 1. The van der Waals surface area contributed by atoms with Gasteiger partial charge in [-0.25, -0.2) is 4.39 Å². The van der Waals surface area contributed by atoms with Gasteiger partial charge in [-0.2, -0.15) is 0 Å². The Kier molecular flexibility index (Phi) is 7.42. The van der Waals surface area contributed by atoms with Crippen molar-refractivity contribution < 1.29 is 18.4 Å². The van der Waals surface area contributed by atoms with E-state index in [-0.39, 0.29) is 17.3 Å². The molecule has 0 atom stereocenters. The first-order valence-electron chi connectivity index (χ1n) is 13.0. The van der Waals surface area contributed by atoms with E-state index in [1.807, 2.05) is 38.1 Å². The topological polar surface area (TPSA) is 97.1 Å². The summed E-state index contributed by atoms with van der Waals surface area (Å²) in [7, 11) is 1.57. The molecule has 1 aliphatic carbocycles. The molecule has 1 saturated carbocycles. The van der Waals surface area contributed by atoms with E-state index in [9.17, 15) is 14.0 Å². The van der Waals surface area contributed by atoms with Gasteiger partial charge in [0.15, 0.2) is 5.58 Å². The van der Waals surface area contributed by atoms with Crippen LogP contribution in [0.25, 0.3) is 33.6 Å². The van der Waals surface area contributed by atoms with Crippen molar-refractivity contribution in [1.29, 1.82) is 0 Å². The zero-order valence-corrected chi connectivity index (χ0v) is 22.5. The van der Waals surface area contributed by atoms with Gasteiger partial charge in [-0.3, -0.25) is 19.6 Å². The maximum absolute atomic E-state index is 13.3. The fourth-order valence-corrected chi connectivity index (χ4v) is 4.67. The molecule has 0 unspecified atom stereocenters. The van der Waals surface area contributed by atoms with E-state index in [2.05, 4.69) is 38.8 Å². The first kappa shape index (κ1) is 26.7. The molecule has 3 heterocycles. The third-order valence-electron chi connectivity index (χ3n) is 7.05. The highest BCUT2D eigenvalue weighted by molar-refractivity contribution is 6.11. The normalized spacial score (nSPS) is 13.2. The molecule has 2 amide bonds. The number of hydrogen-bond acceptors (Lipinski definition) is 5. The van der Waals surface area contributed by atoms with Gasteiger partial charge in [0.25, 0.3) is 5.91 Å². The van der Waals surface area contributed by atoms with Gasteiger partial charge in [0, 0.05) is 29.8 Å². The minimum Gasteiger partial charge on any atom is -0.454 e. The number of halogens is 1. The van der Waals surface area contributed by atoms with Gasteiger partial charge in [-0.05, 0) is 80.8 Å². The van der Waals surface area contributed by atoms with E-state index >= 15 is 0 Å². The van der Waals surface area contributed by atoms with Crippen molar-refractivity contribution in [1.82, 2.24) is 20.6 Å². The van der Waals surface area contributed by atoms with E-state index in [1.165, 1.54) is 12.1 Å². The van der Waals surface area contributed by atoms with Crippen LogP contribution in [0.2, 0.25) is 0 Å². The van der Waals surface area contributed by atoms with Crippen LogP contribution >= 0.6 is 0 Å². The van der Waals surface area contributed by atoms with E-state index < -0.39 is 0 Å². The van der Waals surface area contributed by atoms with Gasteiger partial charge >= 0.3 is 0 Å². The third kappa shape index (κ3) is 5.33. The van der Waals surface area contributed by atoms with Crippen molar-refractivity contribution in [3.63, 3.8) is 0 Å². The molecule has 0 aliphatic heterocycles. The monoisotopic (exact) mass is 536 g/mol. The fraction of sp³-hybridized carbons (Fsp3) is 0.188. The number of nitrogens with zero attached hydrogens (tertiary/aromatic N) is 2. The summed E-state index contributed by atoms with van der Waals surface area (Å²) in [5, 5.41) is 6.14. The van der Waals surface area contributed by atoms with Crippen LogP contribution in [0, 0.1) is 19.7 Å². The van der Waals surface area contributed by atoms with E-state index in [0.29, 0.717) is 27.9 Å². The maximum Gasteiger partial charge on any atom is 0.255 e. The molecule has 2 N–H and O–H groups in total. The molecule has 0 radical (unpaired) electrons. The molecule has 202 valence electrons. The Balaban J connectivity index is 0.000000223. The molecule has 7 nitrogen and oxygen atoms in total. The van der Waals surface area contributed by atoms with Crippen LogP contribution in [-0.2, 0) is 10.3 Å². The summed E-state index contributed by atoms with van der Waals surface area (Å²) in [6.45, 7) is 4.06. The van der Waals surface area contributed by atoms with Crippen LogP contribution in [0.15, 0.2) is 83.5 Å². The van der Waals surface area contributed by atoms with Crippen molar-refractivity contribution >= 4 is 23.3 Å². The zero-order valence-electron chi connectivity index (χ0n) is 22.5. The van der Waals surface area contributed by atoms with Gasteiger partial charge in [0.1, 0.15) is 11.6 Å². The number of rotatable bonds is 6. The van der Waals surface area contributed by atoms with E-state index in [4.69, 9.17) is 4.42 Å². The predicted octanol–water partition coefficient (Wildman–Crippen LogP) is 6.09. The number of amides is 2. The van der Waals surface area contributed by atoms with Crippen LogP contribution in [-0.4, -0.2) is 29.3 Å². The minimum atomic E-state index is -0.347. The molecule has 0 spiro atoms. The highest BCUT2D eigenvalue weighted by Gasteiger charge is 2.45. The Morgan fingerprint density at radius 2 is 1.80 bits per heavy atom. The lowest BCUT2D eigenvalue weighted by Crippen LogP contribution is -2.28. The van der Waals surface area contributed by atoms with Crippen molar-refractivity contribution in [2.24, 2.45) is 0 Å². The number of nitrogens with one attached hydrogen (secondary N) is 2. The van der Waals surface area contributed by atoms with Crippen LogP contribution in [0.5, 0.6) is 0 Å². The average molecular weight is 537 g/mol. The third-order valence-corrected chi connectivity index (χ3v) is 7.05. The van der Waals surface area contributed by atoms with Gasteiger partial charge in [-0.15, -0.1) is 0 Å². The van der Waals surface area contributed by atoms with Crippen LogP contribution in [0.3, 0.4) is 0 Å². The quantitative estimate of drug-likeness (QED) is 0.256. The largest absolute Gasteiger partial charge is 0.454 e. The Morgan fingerprint density at radius 3 is 2.45 bits per heavy atom. The Bertz CT molecular complexity index is 1680. The van der Waals surface area contributed by atoms with Crippen molar-refractivity contribution in [2.45, 2.75) is 32.2 Å². The molecular weight excluding hydrogens is 507 g/mol. The van der Waals surface area contributed by atoms with Gasteiger partial charge in [0.2, 0.25) is 6.41 Å². The number of benzene rings is 2. The second-order valence-electron chi connectivity index (χ2n) is 9.84. The first-order chi connectivity index (χ1) is 19.3. The van der Waals surface area contributed by atoms with E-state index in [1.54, 1.807) is 31.6 Å². The zero-order chi connectivity index (χ0) is 28.3. The molecule has 2 aromatic carbocycles. The smallest absolute Gasteiger partial charge is 0.255 e. The molecular formula is C32H29FN4O3. The van der Waals surface area contributed by atoms with Gasteiger partial charge in [0.05, 0.1) is 28.7 Å². The van der Waals surface area contributed by atoms with Crippen molar-refractivity contribution in [3.8, 4) is 22.6 Å². The van der Waals surface area contributed by atoms with Gasteiger partial charge < -0.3 is 15.1 Å². The highest BCUT2D eigenvalue weighted by Crippen LogP contribution is 2.43. The highest BCUT2D eigenvalue weighted by atomic mass is 19.1. The second kappa shape index (κ2) is 11.1. The summed E-state index contributed by atoms with van der Waals surface area (Å²) in [4.78, 5) is 31.7. The van der Waals surface area contributed by atoms with Gasteiger partial charge in [-0.1, -0.05) is 23.8 Å². The molecule has 3 aromatic heterocycles. The fourth-order valence-electron chi connectivity index (χ4n) is 4.67.